The summed E-state index contributed by atoms with van der Waals surface area (Å²) in [5.74, 6) is 0.710. The molecule has 0 amide bonds. The van der Waals surface area contributed by atoms with Gasteiger partial charge in [0.15, 0.2) is 0 Å². The minimum atomic E-state index is -0.253. The van der Waals surface area contributed by atoms with Gasteiger partial charge in [-0.2, -0.15) is 0 Å². The largest absolute Gasteiger partial charge is 0.416 e. The summed E-state index contributed by atoms with van der Waals surface area (Å²) in [6, 6.07) is 5.00. The Morgan fingerprint density at radius 2 is 2.24 bits per heavy atom. The van der Waals surface area contributed by atoms with Crippen LogP contribution < -0.4 is 5.73 Å². The van der Waals surface area contributed by atoms with Crippen molar-refractivity contribution in [3.05, 3.63) is 41.0 Å². The molecule has 1 aromatic heterocycles. The van der Waals surface area contributed by atoms with Gasteiger partial charge in [-0.3, -0.25) is 0 Å². The molecule has 0 unspecified atom stereocenters. The summed E-state index contributed by atoms with van der Waals surface area (Å²) in [6.45, 7) is 2.06. The summed E-state index contributed by atoms with van der Waals surface area (Å²) in [4.78, 5) is 0. The highest BCUT2D eigenvalue weighted by molar-refractivity contribution is 7.98. The van der Waals surface area contributed by atoms with Gasteiger partial charge in [0.25, 0.3) is 5.22 Å². The summed E-state index contributed by atoms with van der Waals surface area (Å²) in [5.41, 5.74) is 6.81. The van der Waals surface area contributed by atoms with E-state index in [0.29, 0.717) is 29.0 Å². The van der Waals surface area contributed by atoms with E-state index in [4.69, 9.17) is 10.2 Å². The van der Waals surface area contributed by atoms with Crippen LogP contribution in [0.5, 0.6) is 0 Å². The number of aromatic nitrogens is 2. The lowest BCUT2D eigenvalue weighted by Gasteiger charge is -2.03. The van der Waals surface area contributed by atoms with Crippen molar-refractivity contribution in [3.8, 4) is 0 Å². The first-order chi connectivity index (χ1) is 8.19. The van der Waals surface area contributed by atoms with Crippen molar-refractivity contribution < 1.29 is 8.81 Å². The molecule has 2 aromatic rings. The SMILES string of the molecule is Cc1nnc(SCc2ccc(CN)cc2F)o1. The van der Waals surface area contributed by atoms with Crippen LogP contribution in [0.15, 0.2) is 27.8 Å². The fourth-order valence-corrected chi connectivity index (χ4v) is 2.10. The molecule has 1 heterocycles. The number of thioether (sulfide) groups is 1. The molecule has 2 N–H and O–H groups in total. The molecule has 0 bridgehead atoms. The number of halogens is 1. The molecule has 0 aliphatic heterocycles. The number of hydrogen-bond acceptors (Lipinski definition) is 5. The second-order valence-corrected chi connectivity index (χ2v) is 4.43. The number of nitrogens with zero attached hydrogens (tertiary/aromatic N) is 2. The Labute approximate surface area is 102 Å². The third kappa shape index (κ3) is 3.04. The monoisotopic (exact) mass is 253 g/mol. The van der Waals surface area contributed by atoms with Crippen molar-refractivity contribution in [2.24, 2.45) is 5.73 Å². The predicted octanol–water partition coefficient (Wildman–Crippen LogP) is 2.27. The molecule has 0 saturated carbocycles. The van der Waals surface area contributed by atoms with Crippen molar-refractivity contribution in [2.45, 2.75) is 24.4 Å². The van der Waals surface area contributed by atoms with E-state index in [1.54, 1.807) is 13.0 Å². The number of hydrogen-bond donors (Lipinski definition) is 1. The predicted molar refractivity (Wildman–Crippen MR) is 62.9 cm³/mol. The lowest BCUT2D eigenvalue weighted by Crippen LogP contribution is -1.98. The lowest BCUT2D eigenvalue weighted by atomic mass is 10.1. The molecule has 0 aliphatic carbocycles. The van der Waals surface area contributed by atoms with Gasteiger partial charge in [-0.05, 0) is 17.2 Å². The average Bonchev–Trinajstić information content (AvgIpc) is 2.73. The molecule has 0 aliphatic rings. The van der Waals surface area contributed by atoms with Gasteiger partial charge in [-0.25, -0.2) is 4.39 Å². The van der Waals surface area contributed by atoms with Crippen LogP contribution in [0.3, 0.4) is 0 Å². The van der Waals surface area contributed by atoms with E-state index in [1.807, 2.05) is 6.07 Å². The Kier molecular flexibility index (Phi) is 3.75. The zero-order valence-electron chi connectivity index (χ0n) is 9.31. The van der Waals surface area contributed by atoms with E-state index >= 15 is 0 Å². The van der Waals surface area contributed by atoms with Crippen LogP contribution in [-0.2, 0) is 12.3 Å². The van der Waals surface area contributed by atoms with E-state index < -0.39 is 0 Å². The van der Waals surface area contributed by atoms with Gasteiger partial charge >= 0.3 is 0 Å². The van der Waals surface area contributed by atoms with Crippen molar-refractivity contribution in [2.75, 3.05) is 0 Å². The Balaban J connectivity index is 2.04. The van der Waals surface area contributed by atoms with Crippen LogP contribution in [0.25, 0.3) is 0 Å². The van der Waals surface area contributed by atoms with Crippen molar-refractivity contribution in [1.29, 1.82) is 0 Å². The van der Waals surface area contributed by atoms with Crippen LogP contribution in [-0.4, -0.2) is 10.2 Å². The fourth-order valence-electron chi connectivity index (χ4n) is 1.31. The zero-order valence-corrected chi connectivity index (χ0v) is 10.1. The Morgan fingerprint density at radius 1 is 1.41 bits per heavy atom. The molecule has 17 heavy (non-hydrogen) atoms. The standard InChI is InChI=1S/C11H12FN3OS/c1-7-14-15-11(16-7)17-6-9-3-2-8(5-13)4-10(9)12/h2-4H,5-6,13H2,1H3. The summed E-state index contributed by atoms with van der Waals surface area (Å²) in [6.07, 6.45) is 0. The lowest BCUT2D eigenvalue weighted by molar-refractivity contribution is 0.429. The smallest absolute Gasteiger partial charge is 0.276 e. The van der Waals surface area contributed by atoms with Crippen molar-refractivity contribution in [3.63, 3.8) is 0 Å². The molecule has 6 heteroatoms. The van der Waals surface area contributed by atoms with E-state index in [9.17, 15) is 4.39 Å². The van der Waals surface area contributed by atoms with Crippen LogP contribution in [0.4, 0.5) is 4.39 Å². The van der Waals surface area contributed by atoms with Gasteiger partial charge in [-0.1, -0.05) is 23.9 Å². The number of rotatable bonds is 4. The van der Waals surface area contributed by atoms with Crippen LogP contribution >= 0.6 is 11.8 Å². The fraction of sp³-hybridized carbons (Fsp3) is 0.273. The quantitative estimate of drug-likeness (QED) is 0.847. The van der Waals surface area contributed by atoms with E-state index in [0.717, 1.165) is 5.56 Å². The molecule has 2 rings (SSSR count). The van der Waals surface area contributed by atoms with Gasteiger partial charge in [0.05, 0.1) is 0 Å². The molecule has 0 spiro atoms. The van der Waals surface area contributed by atoms with E-state index in [2.05, 4.69) is 10.2 Å². The minimum absolute atomic E-state index is 0.253. The molecule has 1 aromatic carbocycles. The maximum atomic E-state index is 13.6. The van der Waals surface area contributed by atoms with Gasteiger partial charge in [0.2, 0.25) is 5.89 Å². The molecule has 4 nitrogen and oxygen atoms in total. The van der Waals surface area contributed by atoms with Crippen molar-refractivity contribution >= 4 is 11.8 Å². The Hall–Kier alpha value is -1.40. The Morgan fingerprint density at radius 3 is 2.82 bits per heavy atom. The first-order valence-corrected chi connectivity index (χ1v) is 6.08. The van der Waals surface area contributed by atoms with Crippen molar-refractivity contribution in [1.82, 2.24) is 10.2 Å². The van der Waals surface area contributed by atoms with Gasteiger partial charge in [0.1, 0.15) is 5.82 Å². The molecule has 0 fully saturated rings. The highest BCUT2D eigenvalue weighted by atomic mass is 32.2. The van der Waals surface area contributed by atoms with Gasteiger partial charge in [-0.15, -0.1) is 10.2 Å². The summed E-state index contributed by atoms with van der Waals surface area (Å²) in [7, 11) is 0. The maximum absolute atomic E-state index is 13.6. The third-order valence-electron chi connectivity index (χ3n) is 2.21. The number of benzene rings is 1. The van der Waals surface area contributed by atoms with E-state index in [-0.39, 0.29) is 5.82 Å². The number of aryl methyl sites for hydroxylation is 1. The zero-order chi connectivity index (χ0) is 12.3. The Bertz CT molecular complexity index is 515. The minimum Gasteiger partial charge on any atom is -0.416 e. The first kappa shape index (κ1) is 12.1. The van der Waals surface area contributed by atoms with Crippen LogP contribution in [0, 0.1) is 12.7 Å². The highest BCUT2D eigenvalue weighted by Gasteiger charge is 2.07. The molecule has 90 valence electrons. The second-order valence-electron chi connectivity index (χ2n) is 3.51. The highest BCUT2D eigenvalue weighted by Crippen LogP contribution is 2.23. The molecule has 0 radical (unpaired) electrons. The molecular formula is C11H12FN3OS. The first-order valence-electron chi connectivity index (χ1n) is 5.09. The summed E-state index contributed by atoms with van der Waals surface area (Å²) >= 11 is 1.31. The topological polar surface area (TPSA) is 64.9 Å². The molecule has 0 saturated heterocycles. The van der Waals surface area contributed by atoms with Crippen LogP contribution in [0.2, 0.25) is 0 Å². The molecule has 0 atom stereocenters. The van der Waals surface area contributed by atoms with Gasteiger partial charge in [0, 0.05) is 19.2 Å². The van der Waals surface area contributed by atoms with Crippen LogP contribution in [0.1, 0.15) is 17.0 Å². The normalized spacial score (nSPS) is 10.8. The number of nitrogens with two attached hydrogens (primary N) is 1. The maximum Gasteiger partial charge on any atom is 0.276 e. The van der Waals surface area contributed by atoms with E-state index in [1.165, 1.54) is 17.8 Å². The third-order valence-corrected chi connectivity index (χ3v) is 3.08. The second kappa shape index (κ2) is 5.29. The average molecular weight is 253 g/mol. The molecular weight excluding hydrogens is 241 g/mol. The summed E-state index contributed by atoms with van der Waals surface area (Å²) < 4.78 is 18.8. The summed E-state index contributed by atoms with van der Waals surface area (Å²) in [5, 5.41) is 7.98. The van der Waals surface area contributed by atoms with Gasteiger partial charge < -0.3 is 10.2 Å².